The molecule has 0 aliphatic carbocycles. The lowest BCUT2D eigenvalue weighted by atomic mass is 10.1. The van der Waals surface area contributed by atoms with E-state index in [2.05, 4.69) is 17.6 Å². The van der Waals surface area contributed by atoms with Crippen molar-refractivity contribution in [1.82, 2.24) is 5.32 Å². The molecule has 2 N–H and O–H groups in total. The molecule has 0 saturated carbocycles. The molecule has 1 aliphatic rings. The normalized spacial score (nSPS) is 11.9. The van der Waals surface area contributed by atoms with Gasteiger partial charge in [-0.2, -0.15) is 0 Å². The fourth-order valence-electron chi connectivity index (χ4n) is 2.84. The number of nitrogens with one attached hydrogen (secondary N) is 2. The van der Waals surface area contributed by atoms with Crippen LogP contribution in [0.5, 0.6) is 11.5 Å². The maximum absolute atomic E-state index is 12.2. The first-order valence-corrected chi connectivity index (χ1v) is 9.22. The van der Waals surface area contributed by atoms with Gasteiger partial charge in [0.1, 0.15) is 0 Å². The minimum atomic E-state index is -0.338. The molecule has 2 aromatic rings. The highest BCUT2D eigenvalue weighted by molar-refractivity contribution is 5.99. The minimum absolute atomic E-state index is 0.106. The van der Waals surface area contributed by atoms with Crippen LogP contribution >= 0.6 is 0 Å². The van der Waals surface area contributed by atoms with Crippen LogP contribution in [-0.2, 0) is 11.2 Å². The lowest BCUT2D eigenvalue weighted by molar-refractivity contribution is -0.115. The van der Waals surface area contributed by atoms with Crippen LogP contribution in [-0.4, -0.2) is 25.2 Å². The summed E-state index contributed by atoms with van der Waals surface area (Å²) in [5.41, 5.74) is 2.40. The van der Waals surface area contributed by atoms with Gasteiger partial charge in [0.05, 0.1) is 6.54 Å². The molecule has 1 aliphatic heterocycles. The number of hydrogen-bond acceptors (Lipinski definition) is 4. The molecule has 0 unspecified atom stereocenters. The van der Waals surface area contributed by atoms with E-state index >= 15 is 0 Å². The molecule has 27 heavy (non-hydrogen) atoms. The molecule has 0 spiro atoms. The summed E-state index contributed by atoms with van der Waals surface area (Å²) in [5.74, 6) is 0.533. The number of aryl methyl sites for hydroxylation is 1. The van der Waals surface area contributed by atoms with Gasteiger partial charge in [0, 0.05) is 11.3 Å². The van der Waals surface area contributed by atoms with Crippen LogP contribution in [0, 0.1) is 0 Å². The molecule has 2 aromatic carbocycles. The number of ether oxygens (including phenoxy) is 2. The zero-order chi connectivity index (χ0) is 19.1. The summed E-state index contributed by atoms with van der Waals surface area (Å²) >= 11 is 0. The van der Waals surface area contributed by atoms with Gasteiger partial charge in [0.2, 0.25) is 12.7 Å². The first-order chi connectivity index (χ1) is 13.2. The predicted octanol–water partition coefficient (Wildman–Crippen LogP) is 3.52. The molecule has 0 fully saturated rings. The average molecular weight is 368 g/mol. The van der Waals surface area contributed by atoms with Crippen molar-refractivity contribution >= 4 is 17.5 Å². The highest BCUT2D eigenvalue weighted by Gasteiger charge is 2.16. The van der Waals surface area contributed by atoms with Crippen molar-refractivity contribution in [2.24, 2.45) is 0 Å². The van der Waals surface area contributed by atoms with Crippen LogP contribution in [0.15, 0.2) is 42.5 Å². The van der Waals surface area contributed by atoms with Crippen molar-refractivity contribution in [2.45, 2.75) is 32.6 Å². The van der Waals surface area contributed by atoms with Gasteiger partial charge in [-0.1, -0.05) is 31.9 Å². The summed E-state index contributed by atoms with van der Waals surface area (Å²) in [6.07, 6.45) is 4.65. The quantitative estimate of drug-likeness (QED) is 0.699. The summed E-state index contributed by atoms with van der Waals surface area (Å²) in [6, 6.07) is 12.7. The van der Waals surface area contributed by atoms with E-state index < -0.39 is 0 Å². The monoisotopic (exact) mass is 368 g/mol. The number of hydrogen-bond donors (Lipinski definition) is 2. The number of carbonyl (C=O) groups excluding carboxylic acids is 2. The van der Waals surface area contributed by atoms with E-state index in [1.54, 1.807) is 18.2 Å². The third-order valence-electron chi connectivity index (χ3n) is 4.35. The number of benzene rings is 2. The van der Waals surface area contributed by atoms with E-state index in [1.807, 2.05) is 24.3 Å². The molecule has 6 heteroatoms. The van der Waals surface area contributed by atoms with Gasteiger partial charge in [-0.05, 0) is 48.7 Å². The van der Waals surface area contributed by atoms with Crippen LogP contribution < -0.4 is 20.1 Å². The van der Waals surface area contributed by atoms with Gasteiger partial charge in [-0.25, -0.2) is 0 Å². The van der Waals surface area contributed by atoms with Crippen molar-refractivity contribution < 1.29 is 19.1 Å². The maximum atomic E-state index is 12.2. The van der Waals surface area contributed by atoms with Crippen LogP contribution in [0.1, 0.15) is 42.1 Å². The molecule has 0 radical (unpaired) electrons. The maximum Gasteiger partial charge on any atom is 0.251 e. The Bertz CT molecular complexity index is 802. The highest BCUT2D eigenvalue weighted by Crippen LogP contribution is 2.32. The predicted molar refractivity (Wildman–Crippen MR) is 103 cm³/mol. The first-order valence-electron chi connectivity index (χ1n) is 9.22. The standard InChI is InChI=1S/C21H24N2O4/c1-2-3-4-5-15-6-9-17(10-7-15)23-20(24)13-22-21(25)16-8-11-18-19(12-16)27-14-26-18/h6-12H,2-5,13-14H2,1H3,(H,22,25)(H,23,24). The highest BCUT2D eigenvalue weighted by atomic mass is 16.7. The molecule has 0 atom stereocenters. The largest absolute Gasteiger partial charge is 0.454 e. The molecule has 2 amide bonds. The number of unbranched alkanes of at least 4 members (excludes halogenated alkanes) is 2. The Labute approximate surface area is 158 Å². The first kappa shape index (κ1) is 18.8. The van der Waals surface area contributed by atoms with Gasteiger partial charge >= 0.3 is 0 Å². The zero-order valence-electron chi connectivity index (χ0n) is 15.4. The van der Waals surface area contributed by atoms with E-state index in [0.29, 0.717) is 17.1 Å². The minimum Gasteiger partial charge on any atom is -0.454 e. The van der Waals surface area contributed by atoms with Gasteiger partial charge < -0.3 is 20.1 Å². The molecule has 6 nitrogen and oxygen atoms in total. The number of rotatable bonds is 8. The Hall–Kier alpha value is -3.02. The lowest BCUT2D eigenvalue weighted by Gasteiger charge is -2.08. The van der Waals surface area contributed by atoms with Crippen LogP contribution in [0.2, 0.25) is 0 Å². The van der Waals surface area contributed by atoms with E-state index in [9.17, 15) is 9.59 Å². The fraction of sp³-hybridized carbons (Fsp3) is 0.333. The van der Waals surface area contributed by atoms with E-state index in [0.717, 1.165) is 12.1 Å². The Morgan fingerprint density at radius 2 is 1.78 bits per heavy atom. The summed E-state index contributed by atoms with van der Waals surface area (Å²) in [5, 5.41) is 5.40. The van der Waals surface area contributed by atoms with E-state index in [1.165, 1.54) is 24.8 Å². The molecule has 142 valence electrons. The SMILES string of the molecule is CCCCCc1ccc(NC(=O)CNC(=O)c2ccc3c(c2)OCO3)cc1. The molecule has 0 aromatic heterocycles. The van der Waals surface area contributed by atoms with Crippen LogP contribution in [0.25, 0.3) is 0 Å². The topological polar surface area (TPSA) is 76.7 Å². The van der Waals surface area contributed by atoms with Gasteiger partial charge in [-0.15, -0.1) is 0 Å². The molecule has 3 rings (SSSR count). The van der Waals surface area contributed by atoms with Crippen molar-refractivity contribution in [3.8, 4) is 11.5 Å². The second kappa shape index (κ2) is 9.07. The summed E-state index contributed by atoms with van der Waals surface area (Å²) in [4.78, 5) is 24.2. The second-order valence-electron chi connectivity index (χ2n) is 6.45. The summed E-state index contributed by atoms with van der Waals surface area (Å²) < 4.78 is 10.5. The second-order valence-corrected chi connectivity index (χ2v) is 6.45. The Morgan fingerprint density at radius 3 is 2.56 bits per heavy atom. The Balaban J connectivity index is 1.46. The molecule has 1 heterocycles. The molecular weight excluding hydrogens is 344 g/mol. The average Bonchev–Trinajstić information content (AvgIpc) is 3.15. The van der Waals surface area contributed by atoms with E-state index in [4.69, 9.17) is 9.47 Å². The smallest absolute Gasteiger partial charge is 0.251 e. The van der Waals surface area contributed by atoms with E-state index in [-0.39, 0.29) is 25.2 Å². The lowest BCUT2D eigenvalue weighted by Crippen LogP contribution is -2.32. The van der Waals surface area contributed by atoms with Crippen molar-refractivity contribution in [3.63, 3.8) is 0 Å². The number of carbonyl (C=O) groups is 2. The van der Waals surface area contributed by atoms with Crippen molar-refractivity contribution in [3.05, 3.63) is 53.6 Å². The number of anilines is 1. The number of fused-ring (bicyclic) bond motifs is 1. The Kier molecular flexibility index (Phi) is 6.30. The zero-order valence-corrected chi connectivity index (χ0v) is 15.4. The number of amides is 2. The third-order valence-corrected chi connectivity index (χ3v) is 4.35. The molecule has 0 saturated heterocycles. The Morgan fingerprint density at radius 1 is 1.00 bits per heavy atom. The van der Waals surface area contributed by atoms with Crippen molar-refractivity contribution in [1.29, 1.82) is 0 Å². The van der Waals surface area contributed by atoms with Crippen LogP contribution in [0.4, 0.5) is 5.69 Å². The summed E-state index contributed by atoms with van der Waals surface area (Å²) in [6.45, 7) is 2.23. The third kappa shape index (κ3) is 5.23. The fourth-order valence-corrected chi connectivity index (χ4v) is 2.84. The molecular formula is C21H24N2O4. The van der Waals surface area contributed by atoms with Crippen molar-refractivity contribution in [2.75, 3.05) is 18.7 Å². The van der Waals surface area contributed by atoms with Gasteiger partial charge in [0.15, 0.2) is 11.5 Å². The summed E-state index contributed by atoms with van der Waals surface area (Å²) in [7, 11) is 0. The van der Waals surface area contributed by atoms with Gasteiger partial charge in [0.25, 0.3) is 5.91 Å². The van der Waals surface area contributed by atoms with Crippen LogP contribution in [0.3, 0.4) is 0 Å². The molecule has 0 bridgehead atoms. The van der Waals surface area contributed by atoms with Gasteiger partial charge in [-0.3, -0.25) is 9.59 Å².